The number of hydrogen-bond acceptors (Lipinski definition) is 2. The summed E-state index contributed by atoms with van der Waals surface area (Å²) in [6.07, 6.45) is 13.2. The van der Waals surface area contributed by atoms with E-state index in [1.807, 2.05) is 42.6 Å². The Labute approximate surface area is 206 Å². The zero-order chi connectivity index (χ0) is 23.3. The molecule has 1 aliphatic rings. The lowest BCUT2D eigenvalue weighted by Gasteiger charge is -2.17. The monoisotopic (exact) mass is 463 g/mol. The molecule has 5 rings (SSSR count). The molecule has 0 spiro atoms. The molecule has 4 heteroatoms. The summed E-state index contributed by atoms with van der Waals surface area (Å²) in [7, 11) is 0. The summed E-state index contributed by atoms with van der Waals surface area (Å²) in [6, 6.07) is 20.8. The molecular formula is C30H26ClN3. The standard InChI is InChI=1S/C30H26ClN3/c1-2-17-32-29(24-5-6-24)16-19-34-18-15-25-20-22(4-14-30(25)34)3-12-28-13-9-26(21-33-28)23-7-10-27(31)11-8-23/h1,4,7-11,13-15,18,20-21,24,29,32H,5-6,16-17,19H2. The van der Waals surface area contributed by atoms with Gasteiger partial charge in [0.25, 0.3) is 0 Å². The average molecular weight is 464 g/mol. The molecule has 0 saturated heterocycles. The van der Waals surface area contributed by atoms with Crippen LogP contribution in [0, 0.1) is 30.1 Å². The third kappa shape index (κ3) is 5.35. The molecule has 0 amide bonds. The number of rotatable bonds is 7. The fraction of sp³-hybridized carbons (Fsp3) is 0.233. The van der Waals surface area contributed by atoms with Gasteiger partial charge in [-0.3, -0.25) is 0 Å². The second-order valence-electron chi connectivity index (χ2n) is 8.79. The van der Waals surface area contributed by atoms with Gasteiger partial charge in [-0.25, -0.2) is 4.98 Å². The summed E-state index contributed by atoms with van der Waals surface area (Å²) in [5.41, 5.74) is 5.11. The zero-order valence-electron chi connectivity index (χ0n) is 19.0. The maximum atomic E-state index is 5.98. The Hall–Kier alpha value is -3.50. The van der Waals surface area contributed by atoms with Crippen molar-refractivity contribution in [3.63, 3.8) is 0 Å². The minimum absolute atomic E-state index is 0.511. The largest absolute Gasteiger partial charge is 0.347 e. The lowest BCUT2D eigenvalue weighted by Crippen LogP contribution is -2.32. The first kappa shape index (κ1) is 22.3. The number of fused-ring (bicyclic) bond motifs is 1. The summed E-state index contributed by atoms with van der Waals surface area (Å²) >= 11 is 5.98. The van der Waals surface area contributed by atoms with Gasteiger partial charge in [-0.05, 0) is 79.1 Å². The predicted octanol–water partition coefficient (Wildman–Crippen LogP) is 6.15. The van der Waals surface area contributed by atoms with E-state index in [0.717, 1.165) is 46.3 Å². The Morgan fingerprint density at radius 1 is 1.03 bits per heavy atom. The van der Waals surface area contributed by atoms with Crippen LogP contribution in [0.4, 0.5) is 0 Å². The van der Waals surface area contributed by atoms with Crippen molar-refractivity contribution in [1.82, 2.24) is 14.9 Å². The van der Waals surface area contributed by atoms with E-state index in [1.165, 1.54) is 23.7 Å². The Kier molecular flexibility index (Phi) is 6.68. The van der Waals surface area contributed by atoms with Gasteiger partial charge in [0.05, 0.1) is 6.54 Å². The molecule has 2 aromatic carbocycles. The number of benzene rings is 2. The molecule has 2 heterocycles. The van der Waals surface area contributed by atoms with Crippen molar-refractivity contribution in [3.05, 3.63) is 89.3 Å². The summed E-state index contributed by atoms with van der Waals surface area (Å²) in [6.45, 7) is 1.63. The van der Waals surface area contributed by atoms with E-state index in [0.29, 0.717) is 12.6 Å². The van der Waals surface area contributed by atoms with Gasteiger partial charge in [0.15, 0.2) is 0 Å². The van der Waals surface area contributed by atoms with Gasteiger partial charge < -0.3 is 9.88 Å². The van der Waals surface area contributed by atoms with Crippen LogP contribution in [0.5, 0.6) is 0 Å². The van der Waals surface area contributed by atoms with E-state index < -0.39 is 0 Å². The first-order valence-electron chi connectivity index (χ1n) is 11.7. The van der Waals surface area contributed by atoms with Crippen molar-refractivity contribution in [2.24, 2.45) is 5.92 Å². The number of aromatic nitrogens is 2. The highest BCUT2D eigenvalue weighted by Crippen LogP contribution is 2.34. The first-order chi connectivity index (χ1) is 16.7. The molecule has 34 heavy (non-hydrogen) atoms. The number of halogens is 1. The quantitative estimate of drug-likeness (QED) is 0.333. The maximum Gasteiger partial charge on any atom is 0.113 e. The molecule has 1 aliphatic carbocycles. The molecule has 0 bridgehead atoms. The van der Waals surface area contributed by atoms with Gasteiger partial charge in [-0.2, -0.15) is 0 Å². The van der Waals surface area contributed by atoms with E-state index >= 15 is 0 Å². The van der Waals surface area contributed by atoms with Crippen LogP contribution in [0.1, 0.15) is 30.5 Å². The molecule has 1 atom stereocenters. The Morgan fingerprint density at radius 3 is 2.59 bits per heavy atom. The lowest BCUT2D eigenvalue weighted by atomic mass is 10.1. The molecule has 4 aromatic rings. The van der Waals surface area contributed by atoms with Crippen molar-refractivity contribution >= 4 is 22.5 Å². The lowest BCUT2D eigenvalue weighted by molar-refractivity contribution is 0.430. The van der Waals surface area contributed by atoms with E-state index in [-0.39, 0.29) is 0 Å². The second kappa shape index (κ2) is 10.2. The molecule has 3 nitrogen and oxygen atoms in total. The SMILES string of the molecule is C#CCNC(CCn1ccc2cc(C#Cc3ccc(-c4ccc(Cl)cc4)cn3)ccc21)C1CC1. The summed E-state index contributed by atoms with van der Waals surface area (Å²) < 4.78 is 2.33. The normalized spacial score (nSPS) is 13.8. The highest BCUT2D eigenvalue weighted by molar-refractivity contribution is 6.30. The van der Waals surface area contributed by atoms with E-state index in [2.05, 4.69) is 63.1 Å². The minimum Gasteiger partial charge on any atom is -0.347 e. The van der Waals surface area contributed by atoms with Crippen LogP contribution in [0.15, 0.2) is 73.1 Å². The maximum absolute atomic E-state index is 5.98. The van der Waals surface area contributed by atoms with Crippen LogP contribution in [-0.4, -0.2) is 22.1 Å². The van der Waals surface area contributed by atoms with Gasteiger partial charge in [0, 0.05) is 52.0 Å². The van der Waals surface area contributed by atoms with E-state index in [9.17, 15) is 0 Å². The van der Waals surface area contributed by atoms with Gasteiger partial charge in [0.1, 0.15) is 5.69 Å². The third-order valence-corrected chi connectivity index (χ3v) is 6.64. The van der Waals surface area contributed by atoms with Crippen molar-refractivity contribution in [2.45, 2.75) is 31.8 Å². The van der Waals surface area contributed by atoms with Gasteiger partial charge >= 0.3 is 0 Å². The van der Waals surface area contributed by atoms with Gasteiger partial charge in [-0.1, -0.05) is 41.6 Å². The second-order valence-corrected chi connectivity index (χ2v) is 9.23. The number of terminal acetylenes is 1. The first-order valence-corrected chi connectivity index (χ1v) is 12.1. The fourth-order valence-corrected chi connectivity index (χ4v) is 4.49. The summed E-state index contributed by atoms with van der Waals surface area (Å²) in [5, 5.41) is 5.45. The molecular weight excluding hydrogens is 438 g/mol. The Morgan fingerprint density at radius 2 is 1.85 bits per heavy atom. The van der Waals surface area contributed by atoms with Crippen LogP contribution in [0.3, 0.4) is 0 Å². The van der Waals surface area contributed by atoms with Gasteiger partial charge in [0.2, 0.25) is 0 Å². The minimum atomic E-state index is 0.511. The molecule has 1 fully saturated rings. The number of nitrogens with zero attached hydrogens (tertiary/aromatic N) is 2. The molecule has 0 aliphatic heterocycles. The third-order valence-electron chi connectivity index (χ3n) is 6.39. The van der Waals surface area contributed by atoms with Crippen LogP contribution in [0.2, 0.25) is 5.02 Å². The molecule has 168 valence electrons. The highest BCUT2D eigenvalue weighted by Gasteiger charge is 2.30. The van der Waals surface area contributed by atoms with Gasteiger partial charge in [-0.15, -0.1) is 6.42 Å². The fourth-order valence-electron chi connectivity index (χ4n) is 4.36. The molecule has 1 unspecified atom stereocenters. The molecule has 0 radical (unpaired) electrons. The summed E-state index contributed by atoms with van der Waals surface area (Å²) in [5.74, 6) is 9.93. The smallest absolute Gasteiger partial charge is 0.113 e. The van der Waals surface area contributed by atoms with Crippen LogP contribution in [0.25, 0.3) is 22.0 Å². The predicted molar refractivity (Wildman–Crippen MR) is 141 cm³/mol. The van der Waals surface area contributed by atoms with Crippen LogP contribution in [-0.2, 0) is 6.54 Å². The van der Waals surface area contributed by atoms with Crippen LogP contribution >= 0.6 is 11.6 Å². The van der Waals surface area contributed by atoms with Crippen molar-refractivity contribution in [1.29, 1.82) is 0 Å². The van der Waals surface area contributed by atoms with Crippen molar-refractivity contribution < 1.29 is 0 Å². The topological polar surface area (TPSA) is 29.9 Å². The van der Waals surface area contributed by atoms with E-state index in [1.54, 1.807) is 0 Å². The Balaban J connectivity index is 1.26. The molecule has 1 N–H and O–H groups in total. The van der Waals surface area contributed by atoms with E-state index in [4.69, 9.17) is 18.0 Å². The highest BCUT2D eigenvalue weighted by atomic mass is 35.5. The van der Waals surface area contributed by atoms with Crippen molar-refractivity contribution in [2.75, 3.05) is 6.54 Å². The molecule has 1 saturated carbocycles. The number of nitrogens with one attached hydrogen (secondary N) is 1. The average Bonchev–Trinajstić information content (AvgIpc) is 3.64. The summed E-state index contributed by atoms with van der Waals surface area (Å²) in [4.78, 5) is 4.51. The molecule has 2 aromatic heterocycles. The Bertz CT molecular complexity index is 1380. The van der Waals surface area contributed by atoms with Crippen LogP contribution < -0.4 is 5.32 Å². The number of hydrogen-bond donors (Lipinski definition) is 1. The number of aryl methyl sites for hydroxylation is 1. The number of pyridine rings is 1. The van der Waals surface area contributed by atoms with Crippen molar-refractivity contribution in [3.8, 4) is 35.3 Å². The zero-order valence-corrected chi connectivity index (χ0v) is 19.7.